The molecule has 0 radical (unpaired) electrons. The summed E-state index contributed by atoms with van der Waals surface area (Å²) in [7, 11) is -3.64. The van der Waals surface area contributed by atoms with Gasteiger partial charge in [0.1, 0.15) is 0 Å². The lowest BCUT2D eigenvalue weighted by Gasteiger charge is -2.43. The molecule has 1 amide bonds. The van der Waals surface area contributed by atoms with Gasteiger partial charge in [0.05, 0.1) is 10.5 Å². The first kappa shape index (κ1) is 15.0. The van der Waals surface area contributed by atoms with Gasteiger partial charge in [-0.2, -0.15) is 4.31 Å². The summed E-state index contributed by atoms with van der Waals surface area (Å²) in [5, 5.41) is 12.2. The fourth-order valence-electron chi connectivity index (χ4n) is 2.18. The molecule has 0 aromatic heterocycles. The summed E-state index contributed by atoms with van der Waals surface area (Å²) in [5.74, 6) is -0.260. The molecule has 0 atom stereocenters. The summed E-state index contributed by atoms with van der Waals surface area (Å²) >= 11 is 0. The molecule has 1 fully saturated rings. The second kappa shape index (κ2) is 4.83. The fourth-order valence-corrected chi connectivity index (χ4v) is 4.11. The highest BCUT2D eigenvalue weighted by Gasteiger charge is 2.44. The zero-order valence-electron chi connectivity index (χ0n) is 11.7. The molecule has 0 bridgehead atoms. The molecule has 1 heterocycles. The average Bonchev–Trinajstić information content (AvgIpc) is 2.27. The smallest absolute Gasteiger partial charge is 0.243 e. The first-order valence-corrected chi connectivity index (χ1v) is 7.67. The third-order valence-corrected chi connectivity index (χ3v) is 5.09. The number of sulfonamides is 1. The van der Waals surface area contributed by atoms with E-state index in [9.17, 15) is 18.3 Å². The number of nitrogens with one attached hydrogen (secondary N) is 1. The van der Waals surface area contributed by atoms with Crippen LogP contribution in [0.5, 0.6) is 0 Å². The molecule has 1 aliphatic heterocycles. The van der Waals surface area contributed by atoms with E-state index < -0.39 is 15.6 Å². The van der Waals surface area contributed by atoms with Crippen LogP contribution in [0.25, 0.3) is 0 Å². The summed E-state index contributed by atoms with van der Waals surface area (Å²) in [4.78, 5) is 11.2. The maximum Gasteiger partial charge on any atom is 0.243 e. The number of β-amino-alcohol motifs (C(OH)–C–C–N with tert-alkyl or cyclic N) is 1. The Morgan fingerprint density at radius 3 is 2.50 bits per heavy atom. The topological polar surface area (TPSA) is 86.7 Å². The van der Waals surface area contributed by atoms with Crippen molar-refractivity contribution in [3.8, 4) is 0 Å². The number of aliphatic hydroxyl groups is 1. The molecule has 2 N–H and O–H groups in total. The van der Waals surface area contributed by atoms with Gasteiger partial charge >= 0.3 is 0 Å². The van der Waals surface area contributed by atoms with Gasteiger partial charge in [0.15, 0.2) is 0 Å². The molecule has 1 aromatic carbocycles. The number of benzene rings is 1. The molecule has 1 saturated heterocycles. The molecule has 7 heteroatoms. The molecule has 1 aromatic rings. The molecule has 6 nitrogen and oxygen atoms in total. The number of anilines is 1. The number of rotatable bonds is 3. The second-order valence-corrected chi connectivity index (χ2v) is 7.34. The maximum absolute atomic E-state index is 12.5. The first-order chi connectivity index (χ1) is 9.12. The van der Waals surface area contributed by atoms with Crippen molar-refractivity contribution in [2.75, 3.05) is 18.4 Å². The molecule has 0 unspecified atom stereocenters. The number of nitrogens with zero attached hydrogens (tertiary/aromatic N) is 1. The van der Waals surface area contributed by atoms with Gasteiger partial charge in [0.25, 0.3) is 0 Å². The molecule has 0 aliphatic carbocycles. The average molecular weight is 298 g/mol. The van der Waals surface area contributed by atoms with Crippen molar-refractivity contribution in [2.45, 2.75) is 31.3 Å². The van der Waals surface area contributed by atoms with E-state index in [-0.39, 0.29) is 23.9 Å². The number of aryl methyl sites for hydroxylation is 1. The Morgan fingerprint density at radius 1 is 1.40 bits per heavy atom. The van der Waals surface area contributed by atoms with E-state index in [1.165, 1.54) is 17.3 Å². The molecule has 0 saturated carbocycles. The van der Waals surface area contributed by atoms with E-state index in [0.29, 0.717) is 11.3 Å². The normalized spacial score (nSPS) is 18.4. The predicted octanol–water partition coefficient (Wildman–Crippen LogP) is 0.709. The van der Waals surface area contributed by atoms with Crippen LogP contribution in [0.15, 0.2) is 23.1 Å². The van der Waals surface area contributed by atoms with E-state index in [4.69, 9.17) is 0 Å². The second-order valence-electron chi connectivity index (χ2n) is 5.43. The van der Waals surface area contributed by atoms with Crippen LogP contribution in [0.2, 0.25) is 0 Å². The van der Waals surface area contributed by atoms with Crippen LogP contribution in [0, 0.1) is 6.92 Å². The molecule has 110 valence electrons. The van der Waals surface area contributed by atoms with Gasteiger partial charge in [-0.3, -0.25) is 4.79 Å². The van der Waals surface area contributed by atoms with E-state index in [2.05, 4.69) is 5.32 Å². The van der Waals surface area contributed by atoms with Gasteiger partial charge in [-0.15, -0.1) is 0 Å². The number of carbonyl (C=O) groups is 1. The van der Waals surface area contributed by atoms with E-state index in [1.807, 2.05) is 0 Å². The van der Waals surface area contributed by atoms with Crippen molar-refractivity contribution in [1.29, 1.82) is 0 Å². The minimum atomic E-state index is -3.64. The van der Waals surface area contributed by atoms with Crippen LogP contribution in [0.4, 0.5) is 5.69 Å². The Bertz CT molecular complexity index is 644. The van der Waals surface area contributed by atoms with Crippen LogP contribution in [0.1, 0.15) is 19.4 Å². The molecule has 2 rings (SSSR count). The summed E-state index contributed by atoms with van der Waals surface area (Å²) in [6, 6.07) is 4.75. The standard InChI is InChI=1S/C13H18N2O4S/c1-9-4-5-11(14-10(2)16)6-12(9)20(18,19)15-7-13(3,17)8-15/h4-6,17H,7-8H2,1-3H3,(H,14,16). The van der Waals surface area contributed by atoms with Gasteiger partial charge in [-0.1, -0.05) is 6.07 Å². The van der Waals surface area contributed by atoms with Gasteiger partial charge in [-0.05, 0) is 31.5 Å². The highest BCUT2D eigenvalue weighted by molar-refractivity contribution is 7.89. The van der Waals surface area contributed by atoms with Gasteiger partial charge in [0.2, 0.25) is 15.9 Å². The lowest BCUT2D eigenvalue weighted by Crippen LogP contribution is -2.61. The van der Waals surface area contributed by atoms with Crippen molar-refractivity contribution in [2.24, 2.45) is 0 Å². The third kappa shape index (κ3) is 2.84. The van der Waals surface area contributed by atoms with Crippen LogP contribution < -0.4 is 5.32 Å². The van der Waals surface area contributed by atoms with Crippen molar-refractivity contribution >= 4 is 21.6 Å². The maximum atomic E-state index is 12.5. The highest BCUT2D eigenvalue weighted by atomic mass is 32.2. The fraction of sp³-hybridized carbons (Fsp3) is 0.462. The first-order valence-electron chi connectivity index (χ1n) is 6.23. The lowest BCUT2D eigenvalue weighted by atomic mass is 10.0. The quantitative estimate of drug-likeness (QED) is 0.860. The number of amides is 1. The minimum Gasteiger partial charge on any atom is -0.387 e. The van der Waals surface area contributed by atoms with Crippen LogP contribution in [0.3, 0.4) is 0 Å². The minimum absolute atomic E-state index is 0.0825. The summed E-state index contributed by atoms with van der Waals surface area (Å²) in [5.41, 5.74) is 0.0792. The molecule has 20 heavy (non-hydrogen) atoms. The summed E-state index contributed by atoms with van der Waals surface area (Å²) in [6.07, 6.45) is 0. The lowest BCUT2D eigenvalue weighted by molar-refractivity contribution is -0.114. The molecular weight excluding hydrogens is 280 g/mol. The van der Waals surface area contributed by atoms with Crippen LogP contribution in [-0.4, -0.2) is 42.4 Å². The number of carbonyl (C=O) groups excluding carboxylic acids is 1. The van der Waals surface area contributed by atoms with Crippen molar-refractivity contribution in [3.05, 3.63) is 23.8 Å². The van der Waals surface area contributed by atoms with Crippen molar-refractivity contribution in [3.63, 3.8) is 0 Å². The Hall–Kier alpha value is -1.44. The third-order valence-electron chi connectivity index (χ3n) is 3.16. The Balaban J connectivity index is 2.34. The van der Waals surface area contributed by atoms with Crippen molar-refractivity contribution < 1.29 is 18.3 Å². The van der Waals surface area contributed by atoms with Gasteiger partial charge in [0, 0.05) is 25.7 Å². The molecule has 1 aliphatic rings. The Labute approximate surface area is 118 Å². The predicted molar refractivity (Wildman–Crippen MR) is 74.9 cm³/mol. The number of hydrogen-bond donors (Lipinski definition) is 2. The highest BCUT2D eigenvalue weighted by Crippen LogP contribution is 2.30. The van der Waals surface area contributed by atoms with E-state index in [0.717, 1.165) is 0 Å². The van der Waals surface area contributed by atoms with Crippen LogP contribution in [-0.2, 0) is 14.8 Å². The zero-order valence-corrected chi connectivity index (χ0v) is 12.5. The molecular formula is C13H18N2O4S. The van der Waals surface area contributed by atoms with Crippen LogP contribution >= 0.6 is 0 Å². The van der Waals surface area contributed by atoms with E-state index in [1.54, 1.807) is 26.0 Å². The largest absolute Gasteiger partial charge is 0.387 e. The number of hydrogen-bond acceptors (Lipinski definition) is 4. The Morgan fingerprint density at radius 2 is 2.00 bits per heavy atom. The Kier molecular flexibility index (Phi) is 3.62. The summed E-state index contributed by atoms with van der Waals surface area (Å²) in [6.45, 7) is 4.82. The SMILES string of the molecule is CC(=O)Nc1ccc(C)c(S(=O)(=O)N2CC(C)(O)C2)c1. The van der Waals surface area contributed by atoms with E-state index >= 15 is 0 Å². The summed E-state index contributed by atoms with van der Waals surface area (Å²) < 4.78 is 26.2. The zero-order chi connectivity index (χ0) is 15.1. The van der Waals surface area contributed by atoms with Gasteiger partial charge < -0.3 is 10.4 Å². The van der Waals surface area contributed by atoms with Crippen molar-refractivity contribution in [1.82, 2.24) is 4.31 Å². The van der Waals surface area contributed by atoms with Gasteiger partial charge in [-0.25, -0.2) is 8.42 Å². The molecule has 0 spiro atoms. The monoisotopic (exact) mass is 298 g/mol.